The Kier molecular flexibility index (Phi) is 6.26. The van der Waals surface area contributed by atoms with Gasteiger partial charge in [0.2, 0.25) is 0 Å². The molecule has 0 spiro atoms. The van der Waals surface area contributed by atoms with Gasteiger partial charge in [0.05, 0.1) is 7.11 Å². The van der Waals surface area contributed by atoms with Gasteiger partial charge in [-0.3, -0.25) is 9.69 Å². The molecular formula is C23H28ClN3O2. The molecule has 0 unspecified atom stereocenters. The van der Waals surface area contributed by atoms with Crippen LogP contribution >= 0.6 is 11.6 Å². The highest BCUT2D eigenvalue weighted by molar-refractivity contribution is 6.30. The van der Waals surface area contributed by atoms with E-state index >= 15 is 0 Å². The highest BCUT2D eigenvalue weighted by Crippen LogP contribution is 2.24. The molecule has 2 saturated heterocycles. The van der Waals surface area contributed by atoms with Crippen LogP contribution in [-0.4, -0.2) is 68.1 Å². The summed E-state index contributed by atoms with van der Waals surface area (Å²) in [5, 5.41) is 0.781. The standard InChI is InChI=1S/C23H28ClN3O2/c1-29-22-9-2-5-18(15-22)23(28)27-10-4-8-21(17-27)26-13-11-25(12-14-26)20-7-3-6-19(24)16-20/h2-3,5-7,9,15-16,21H,4,8,10-14,17H2,1H3/t21-/m1/s1. The Morgan fingerprint density at radius 1 is 1.03 bits per heavy atom. The first kappa shape index (κ1) is 20.0. The van der Waals surface area contributed by atoms with Crippen LogP contribution in [0.5, 0.6) is 5.75 Å². The smallest absolute Gasteiger partial charge is 0.254 e. The number of rotatable bonds is 4. The molecule has 2 heterocycles. The van der Waals surface area contributed by atoms with Crippen LogP contribution in [0.15, 0.2) is 48.5 Å². The molecule has 0 aliphatic carbocycles. The lowest BCUT2D eigenvalue weighted by Gasteiger charge is -2.44. The normalized spacial score (nSPS) is 20.6. The molecule has 2 fully saturated rings. The van der Waals surface area contributed by atoms with Gasteiger partial charge >= 0.3 is 0 Å². The van der Waals surface area contributed by atoms with E-state index in [0.717, 1.165) is 62.9 Å². The number of carbonyl (C=O) groups excluding carboxylic acids is 1. The molecule has 29 heavy (non-hydrogen) atoms. The first-order valence-corrected chi connectivity index (χ1v) is 10.7. The van der Waals surface area contributed by atoms with Crippen molar-refractivity contribution < 1.29 is 9.53 Å². The molecular weight excluding hydrogens is 386 g/mol. The third-order valence-electron chi connectivity index (χ3n) is 6.00. The lowest BCUT2D eigenvalue weighted by molar-refractivity contribution is 0.0563. The van der Waals surface area contributed by atoms with Crippen molar-refractivity contribution in [2.45, 2.75) is 18.9 Å². The van der Waals surface area contributed by atoms with E-state index in [1.807, 2.05) is 47.4 Å². The molecule has 0 radical (unpaired) electrons. The molecule has 2 aliphatic heterocycles. The maximum Gasteiger partial charge on any atom is 0.254 e. The number of likely N-dealkylation sites (tertiary alicyclic amines) is 1. The Bertz CT molecular complexity index is 852. The maximum absolute atomic E-state index is 13.0. The number of piperidine rings is 1. The second-order valence-corrected chi connectivity index (χ2v) is 8.22. The molecule has 0 saturated carbocycles. The lowest BCUT2D eigenvalue weighted by Crippen LogP contribution is -2.55. The number of anilines is 1. The Labute approximate surface area is 177 Å². The summed E-state index contributed by atoms with van der Waals surface area (Å²) in [5.74, 6) is 0.827. The lowest BCUT2D eigenvalue weighted by atomic mass is 10.0. The predicted octanol–water partition coefficient (Wildman–Crippen LogP) is 3.78. The summed E-state index contributed by atoms with van der Waals surface area (Å²) in [6.07, 6.45) is 2.20. The van der Waals surface area contributed by atoms with E-state index in [0.29, 0.717) is 11.6 Å². The fourth-order valence-corrected chi connectivity index (χ4v) is 4.58. The second-order valence-electron chi connectivity index (χ2n) is 7.78. The van der Waals surface area contributed by atoms with Crippen LogP contribution in [0, 0.1) is 0 Å². The minimum Gasteiger partial charge on any atom is -0.497 e. The first-order chi connectivity index (χ1) is 14.1. The molecule has 6 heteroatoms. The summed E-state index contributed by atoms with van der Waals surface area (Å²) in [6, 6.07) is 16.0. The molecule has 0 N–H and O–H groups in total. The second kappa shape index (κ2) is 9.06. The molecule has 154 valence electrons. The van der Waals surface area contributed by atoms with Crippen LogP contribution in [-0.2, 0) is 0 Å². The molecule has 1 atom stereocenters. The minimum atomic E-state index is 0.103. The van der Waals surface area contributed by atoms with Gasteiger partial charge < -0.3 is 14.5 Å². The summed E-state index contributed by atoms with van der Waals surface area (Å²) in [4.78, 5) is 19.9. The van der Waals surface area contributed by atoms with Crippen molar-refractivity contribution in [2.75, 3.05) is 51.3 Å². The van der Waals surface area contributed by atoms with Gasteiger partial charge in [-0.15, -0.1) is 0 Å². The number of halogens is 1. The number of hydrogen-bond donors (Lipinski definition) is 0. The summed E-state index contributed by atoms with van der Waals surface area (Å²) >= 11 is 6.15. The van der Waals surface area contributed by atoms with Crippen LogP contribution in [0.1, 0.15) is 23.2 Å². The Balaban J connectivity index is 1.36. The highest BCUT2D eigenvalue weighted by atomic mass is 35.5. The Hall–Kier alpha value is -2.24. The van der Waals surface area contributed by atoms with E-state index in [1.165, 1.54) is 5.69 Å². The van der Waals surface area contributed by atoms with E-state index < -0.39 is 0 Å². The zero-order valence-electron chi connectivity index (χ0n) is 16.9. The van der Waals surface area contributed by atoms with Crippen LogP contribution in [0.2, 0.25) is 5.02 Å². The minimum absolute atomic E-state index is 0.103. The van der Waals surface area contributed by atoms with E-state index in [4.69, 9.17) is 16.3 Å². The number of carbonyl (C=O) groups is 1. The Morgan fingerprint density at radius 2 is 1.83 bits per heavy atom. The molecule has 2 aliphatic rings. The van der Waals surface area contributed by atoms with Crippen LogP contribution in [0.3, 0.4) is 0 Å². The third-order valence-corrected chi connectivity index (χ3v) is 6.24. The van der Waals surface area contributed by atoms with E-state index in [9.17, 15) is 4.79 Å². The van der Waals surface area contributed by atoms with Crippen LogP contribution < -0.4 is 9.64 Å². The van der Waals surface area contributed by atoms with Gasteiger partial charge in [0.1, 0.15) is 5.75 Å². The number of nitrogens with zero attached hydrogens (tertiary/aromatic N) is 3. The number of hydrogen-bond acceptors (Lipinski definition) is 4. The highest BCUT2D eigenvalue weighted by Gasteiger charge is 2.30. The van der Waals surface area contributed by atoms with Gasteiger partial charge in [-0.05, 0) is 49.2 Å². The van der Waals surface area contributed by atoms with Gasteiger partial charge in [-0.1, -0.05) is 23.7 Å². The van der Waals surface area contributed by atoms with Crippen molar-refractivity contribution in [3.8, 4) is 5.75 Å². The topological polar surface area (TPSA) is 36.0 Å². The number of methoxy groups -OCH3 is 1. The fourth-order valence-electron chi connectivity index (χ4n) is 4.39. The Morgan fingerprint density at radius 3 is 2.59 bits per heavy atom. The molecule has 0 aromatic heterocycles. The van der Waals surface area contributed by atoms with Gasteiger partial charge in [0.15, 0.2) is 0 Å². The molecule has 1 amide bonds. The summed E-state index contributed by atoms with van der Waals surface area (Å²) in [5.41, 5.74) is 1.89. The molecule has 0 bridgehead atoms. The van der Waals surface area contributed by atoms with Crippen LogP contribution in [0.4, 0.5) is 5.69 Å². The van der Waals surface area contributed by atoms with Gasteiger partial charge in [0, 0.05) is 61.6 Å². The van der Waals surface area contributed by atoms with Crippen molar-refractivity contribution in [3.63, 3.8) is 0 Å². The molecule has 5 nitrogen and oxygen atoms in total. The summed E-state index contributed by atoms with van der Waals surface area (Å²) < 4.78 is 5.27. The summed E-state index contributed by atoms with van der Waals surface area (Å²) in [6.45, 7) is 5.63. The molecule has 4 rings (SSSR count). The average Bonchev–Trinajstić information content (AvgIpc) is 2.79. The SMILES string of the molecule is COc1cccc(C(=O)N2CCC[C@@H](N3CCN(c4cccc(Cl)c4)CC3)C2)c1. The number of benzene rings is 2. The van der Waals surface area contributed by atoms with E-state index in [-0.39, 0.29) is 5.91 Å². The van der Waals surface area contributed by atoms with Gasteiger partial charge in [0.25, 0.3) is 5.91 Å². The van der Waals surface area contributed by atoms with Crippen LogP contribution in [0.25, 0.3) is 0 Å². The number of amides is 1. The fraction of sp³-hybridized carbons (Fsp3) is 0.435. The molecule has 2 aromatic carbocycles. The largest absolute Gasteiger partial charge is 0.497 e. The number of piperazine rings is 1. The third kappa shape index (κ3) is 4.68. The van der Waals surface area contributed by atoms with E-state index in [1.54, 1.807) is 7.11 Å². The van der Waals surface area contributed by atoms with E-state index in [2.05, 4.69) is 15.9 Å². The van der Waals surface area contributed by atoms with Crippen molar-refractivity contribution in [1.82, 2.24) is 9.80 Å². The quantitative estimate of drug-likeness (QED) is 0.764. The van der Waals surface area contributed by atoms with Crippen molar-refractivity contribution in [3.05, 3.63) is 59.1 Å². The predicted molar refractivity (Wildman–Crippen MR) is 117 cm³/mol. The average molecular weight is 414 g/mol. The number of ether oxygens (including phenoxy) is 1. The first-order valence-electron chi connectivity index (χ1n) is 10.3. The van der Waals surface area contributed by atoms with Gasteiger partial charge in [-0.25, -0.2) is 0 Å². The molecule has 2 aromatic rings. The van der Waals surface area contributed by atoms with Crippen molar-refractivity contribution >= 4 is 23.2 Å². The van der Waals surface area contributed by atoms with Crippen molar-refractivity contribution in [1.29, 1.82) is 0 Å². The monoisotopic (exact) mass is 413 g/mol. The maximum atomic E-state index is 13.0. The van der Waals surface area contributed by atoms with Crippen molar-refractivity contribution in [2.24, 2.45) is 0 Å². The zero-order chi connectivity index (χ0) is 20.2. The zero-order valence-corrected chi connectivity index (χ0v) is 17.6. The summed E-state index contributed by atoms with van der Waals surface area (Å²) in [7, 11) is 1.63. The van der Waals surface area contributed by atoms with Gasteiger partial charge in [-0.2, -0.15) is 0 Å².